The third kappa shape index (κ3) is 2.93. The molecule has 0 aliphatic heterocycles. The molecule has 0 radical (unpaired) electrons. The second-order valence-corrected chi connectivity index (χ2v) is 3.15. The summed E-state index contributed by atoms with van der Waals surface area (Å²) in [6, 6.07) is 8.34. The SMILES string of the molecule is CNNSc1cccc(C)c1. The van der Waals surface area contributed by atoms with Crippen LogP contribution in [0, 0.1) is 6.92 Å². The number of aryl methyl sites for hydroxylation is 1. The average molecular weight is 168 g/mol. The zero-order valence-corrected chi connectivity index (χ0v) is 7.53. The van der Waals surface area contributed by atoms with Crippen molar-refractivity contribution in [1.29, 1.82) is 0 Å². The first-order valence-corrected chi connectivity index (χ1v) is 4.30. The van der Waals surface area contributed by atoms with Crippen LogP contribution in [0.5, 0.6) is 0 Å². The fraction of sp³-hybridized carbons (Fsp3) is 0.250. The van der Waals surface area contributed by atoms with Gasteiger partial charge in [-0.1, -0.05) is 12.1 Å². The van der Waals surface area contributed by atoms with Crippen LogP contribution in [0.2, 0.25) is 0 Å². The highest BCUT2D eigenvalue weighted by atomic mass is 32.2. The first-order chi connectivity index (χ1) is 5.33. The second kappa shape index (κ2) is 4.38. The standard InChI is InChI=1S/C8H12N2S/c1-7-4-3-5-8(6-7)11-10-9-2/h3-6,9-10H,1-2H3. The van der Waals surface area contributed by atoms with E-state index in [9.17, 15) is 0 Å². The highest BCUT2D eigenvalue weighted by Crippen LogP contribution is 2.14. The Kier molecular flexibility index (Phi) is 3.42. The van der Waals surface area contributed by atoms with Gasteiger partial charge >= 0.3 is 0 Å². The normalized spacial score (nSPS) is 10.0. The van der Waals surface area contributed by atoms with Crippen molar-refractivity contribution >= 4 is 11.9 Å². The van der Waals surface area contributed by atoms with E-state index in [1.165, 1.54) is 10.5 Å². The smallest absolute Gasteiger partial charge is 0.0243 e. The third-order valence-corrected chi connectivity index (χ3v) is 2.06. The molecule has 0 aliphatic rings. The summed E-state index contributed by atoms with van der Waals surface area (Å²) in [5.74, 6) is 0. The molecule has 0 aromatic heterocycles. The molecule has 1 aromatic rings. The Morgan fingerprint density at radius 1 is 1.36 bits per heavy atom. The molecule has 0 saturated carbocycles. The molecule has 11 heavy (non-hydrogen) atoms. The summed E-state index contributed by atoms with van der Waals surface area (Å²) in [7, 11) is 1.85. The molecule has 1 aromatic carbocycles. The molecule has 3 heteroatoms. The van der Waals surface area contributed by atoms with Crippen molar-refractivity contribution in [2.24, 2.45) is 0 Å². The molecule has 1 rings (SSSR count). The van der Waals surface area contributed by atoms with Crippen molar-refractivity contribution in [1.82, 2.24) is 10.3 Å². The molecule has 2 N–H and O–H groups in total. The lowest BCUT2D eigenvalue weighted by atomic mass is 10.2. The van der Waals surface area contributed by atoms with E-state index in [2.05, 4.69) is 41.4 Å². The fourth-order valence-corrected chi connectivity index (χ4v) is 1.40. The first-order valence-electron chi connectivity index (χ1n) is 3.48. The Labute approximate surface area is 71.5 Å². The molecule has 0 spiro atoms. The summed E-state index contributed by atoms with van der Waals surface area (Å²) in [5.41, 5.74) is 4.13. The van der Waals surface area contributed by atoms with Crippen LogP contribution in [0.4, 0.5) is 0 Å². The maximum absolute atomic E-state index is 2.96. The van der Waals surface area contributed by atoms with Gasteiger partial charge < -0.3 is 0 Å². The van der Waals surface area contributed by atoms with Gasteiger partial charge in [-0.2, -0.15) is 4.83 Å². The number of benzene rings is 1. The van der Waals surface area contributed by atoms with E-state index in [4.69, 9.17) is 0 Å². The molecular formula is C8H12N2S. The first kappa shape index (κ1) is 8.59. The van der Waals surface area contributed by atoms with Crippen LogP contribution in [0.25, 0.3) is 0 Å². The van der Waals surface area contributed by atoms with E-state index < -0.39 is 0 Å². The molecule has 0 amide bonds. The van der Waals surface area contributed by atoms with Gasteiger partial charge in [-0.05, 0) is 43.6 Å². The van der Waals surface area contributed by atoms with Crippen LogP contribution in [0.1, 0.15) is 5.56 Å². The van der Waals surface area contributed by atoms with Crippen LogP contribution in [0.15, 0.2) is 29.2 Å². The molecule has 0 heterocycles. The van der Waals surface area contributed by atoms with E-state index in [0.29, 0.717) is 0 Å². The largest absolute Gasteiger partial charge is 0.251 e. The van der Waals surface area contributed by atoms with Crippen LogP contribution in [0.3, 0.4) is 0 Å². The Morgan fingerprint density at radius 2 is 2.18 bits per heavy atom. The molecule has 0 fully saturated rings. The maximum Gasteiger partial charge on any atom is 0.0243 e. The molecule has 0 atom stereocenters. The van der Waals surface area contributed by atoms with Gasteiger partial charge in [-0.25, -0.2) is 0 Å². The van der Waals surface area contributed by atoms with Crippen LogP contribution in [-0.4, -0.2) is 7.05 Å². The molecule has 0 saturated heterocycles. The Morgan fingerprint density at radius 3 is 2.82 bits per heavy atom. The van der Waals surface area contributed by atoms with Gasteiger partial charge in [0.1, 0.15) is 0 Å². The van der Waals surface area contributed by atoms with Gasteiger partial charge in [0.25, 0.3) is 0 Å². The fourth-order valence-electron chi connectivity index (χ4n) is 0.789. The predicted molar refractivity (Wildman–Crippen MR) is 49.2 cm³/mol. The van der Waals surface area contributed by atoms with Crippen LogP contribution >= 0.6 is 11.9 Å². The van der Waals surface area contributed by atoms with Crippen molar-refractivity contribution in [3.8, 4) is 0 Å². The summed E-state index contributed by atoms with van der Waals surface area (Å²) in [4.78, 5) is 4.18. The van der Waals surface area contributed by atoms with Gasteiger partial charge in [-0.3, -0.25) is 5.43 Å². The number of rotatable bonds is 3. The number of hydrogen-bond donors (Lipinski definition) is 2. The average Bonchev–Trinajstić information content (AvgIpc) is 2.01. The third-order valence-electron chi connectivity index (χ3n) is 1.26. The van der Waals surface area contributed by atoms with E-state index in [1.807, 2.05) is 7.05 Å². The van der Waals surface area contributed by atoms with E-state index >= 15 is 0 Å². The number of hydrogen-bond acceptors (Lipinski definition) is 3. The maximum atomic E-state index is 2.96. The highest BCUT2D eigenvalue weighted by Gasteiger charge is 1.90. The summed E-state index contributed by atoms with van der Waals surface area (Å²) in [6.07, 6.45) is 0. The zero-order chi connectivity index (χ0) is 8.10. The Balaban J connectivity index is 2.56. The molecule has 0 aliphatic carbocycles. The van der Waals surface area contributed by atoms with Crippen LogP contribution < -0.4 is 10.3 Å². The van der Waals surface area contributed by atoms with Crippen LogP contribution in [-0.2, 0) is 0 Å². The van der Waals surface area contributed by atoms with E-state index in [-0.39, 0.29) is 0 Å². The topological polar surface area (TPSA) is 24.1 Å². The Hall–Kier alpha value is -0.510. The summed E-state index contributed by atoms with van der Waals surface area (Å²) in [6.45, 7) is 2.09. The Bertz CT molecular complexity index is 225. The number of hydrazine groups is 1. The zero-order valence-electron chi connectivity index (χ0n) is 6.72. The lowest BCUT2D eigenvalue weighted by Gasteiger charge is -2.01. The van der Waals surface area contributed by atoms with Gasteiger partial charge in [0.05, 0.1) is 0 Å². The lowest BCUT2D eigenvalue weighted by molar-refractivity contribution is 0.817. The number of nitrogens with one attached hydrogen (secondary N) is 2. The van der Waals surface area contributed by atoms with Crippen molar-refractivity contribution < 1.29 is 0 Å². The van der Waals surface area contributed by atoms with Gasteiger partial charge in [-0.15, -0.1) is 0 Å². The van der Waals surface area contributed by atoms with Crippen molar-refractivity contribution in [2.45, 2.75) is 11.8 Å². The molecule has 60 valence electrons. The highest BCUT2D eigenvalue weighted by molar-refractivity contribution is 7.97. The summed E-state index contributed by atoms with van der Waals surface area (Å²) < 4.78 is 0. The molecule has 2 nitrogen and oxygen atoms in total. The molecule has 0 unspecified atom stereocenters. The second-order valence-electron chi connectivity index (χ2n) is 2.27. The molecular weight excluding hydrogens is 156 g/mol. The van der Waals surface area contributed by atoms with Gasteiger partial charge in [0.15, 0.2) is 0 Å². The minimum atomic E-state index is 1.22. The minimum absolute atomic E-state index is 1.22. The van der Waals surface area contributed by atoms with Crippen molar-refractivity contribution in [3.05, 3.63) is 29.8 Å². The molecule has 0 bridgehead atoms. The predicted octanol–water partition coefficient (Wildman–Crippen LogP) is 1.73. The minimum Gasteiger partial charge on any atom is -0.251 e. The summed E-state index contributed by atoms with van der Waals surface area (Å²) in [5, 5.41) is 0. The lowest BCUT2D eigenvalue weighted by Crippen LogP contribution is -2.19. The monoisotopic (exact) mass is 168 g/mol. The van der Waals surface area contributed by atoms with E-state index in [1.54, 1.807) is 11.9 Å². The van der Waals surface area contributed by atoms with Gasteiger partial charge in [0.2, 0.25) is 0 Å². The quantitative estimate of drug-likeness (QED) is 0.531. The van der Waals surface area contributed by atoms with Crippen molar-refractivity contribution in [3.63, 3.8) is 0 Å². The van der Waals surface area contributed by atoms with Crippen molar-refractivity contribution in [2.75, 3.05) is 7.05 Å². The van der Waals surface area contributed by atoms with Gasteiger partial charge in [0, 0.05) is 4.90 Å². The van der Waals surface area contributed by atoms with E-state index in [0.717, 1.165) is 0 Å². The summed E-state index contributed by atoms with van der Waals surface area (Å²) >= 11 is 1.57.